The fourth-order valence-electron chi connectivity index (χ4n) is 2.17. The number of fused-ring (bicyclic) bond motifs is 2. The van der Waals surface area contributed by atoms with Crippen molar-refractivity contribution in [1.82, 2.24) is 9.55 Å². The van der Waals surface area contributed by atoms with Crippen molar-refractivity contribution in [2.75, 3.05) is 12.4 Å². The van der Waals surface area contributed by atoms with Gasteiger partial charge in [0.25, 0.3) is 5.56 Å². The number of esters is 1. The van der Waals surface area contributed by atoms with Gasteiger partial charge in [-0.15, -0.1) is 0 Å². The number of carbonyl (C=O) groups excluding carboxylic acids is 1. The van der Waals surface area contributed by atoms with Crippen LogP contribution in [0.15, 0.2) is 28.2 Å². The Bertz CT molecular complexity index is 759. The van der Waals surface area contributed by atoms with Crippen molar-refractivity contribution in [1.29, 1.82) is 0 Å². The van der Waals surface area contributed by atoms with E-state index < -0.39 is 5.97 Å². The quantitative estimate of drug-likeness (QED) is 0.469. The van der Waals surface area contributed by atoms with Gasteiger partial charge >= 0.3 is 5.97 Å². The molecule has 0 saturated heterocycles. The highest BCUT2D eigenvalue weighted by molar-refractivity contribution is 9.09. The molecule has 0 unspecified atom stereocenters. The van der Waals surface area contributed by atoms with Gasteiger partial charge in [-0.3, -0.25) is 9.36 Å². The second-order valence-corrected chi connectivity index (χ2v) is 6.34. The third-order valence-electron chi connectivity index (χ3n) is 3.17. The van der Waals surface area contributed by atoms with Crippen LogP contribution in [0.1, 0.15) is 10.4 Å². The van der Waals surface area contributed by atoms with Crippen molar-refractivity contribution in [2.24, 2.45) is 0 Å². The second kappa shape index (κ2) is 5.21. The average molecular weight is 355 g/mol. The van der Waals surface area contributed by atoms with Crippen molar-refractivity contribution in [3.63, 3.8) is 0 Å². The van der Waals surface area contributed by atoms with E-state index in [0.29, 0.717) is 33.4 Å². The van der Waals surface area contributed by atoms with Crippen LogP contribution in [0.4, 0.5) is 0 Å². The van der Waals surface area contributed by atoms with Crippen LogP contribution in [0.2, 0.25) is 0 Å². The van der Waals surface area contributed by atoms with E-state index in [0.717, 1.165) is 5.33 Å². The first kappa shape index (κ1) is 13.6. The van der Waals surface area contributed by atoms with Crippen LogP contribution < -0.4 is 5.56 Å². The zero-order valence-corrected chi connectivity index (χ0v) is 13.0. The Balaban J connectivity index is 2.17. The lowest BCUT2D eigenvalue weighted by atomic mass is 10.1. The summed E-state index contributed by atoms with van der Waals surface area (Å²) in [5.74, 6) is -0.430. The summed E-state index contributed by atoms with van der Waals surface area (Å²) in [4.78, 5) is 28.4. The molecule has 1 atom stereocenters. The van der Waals surface area contributed by atoms with Crippen LogP contribution in [0, 0.1) is 0 Å². The fraction of sp³-hybridized carbons (Fsp3) is 0.308. The predicted molar refractivity (Wildman–Crippen MR) is 80.8 cm³/mol. The van der Waals surface area contributed by atoms with Gasteiger partial charge in [-0.25, -0.2) is 9.78 Å². The van der Waals surface area contributed by atoms with Gasteiger partial charge in [-0.05, 0) is 18.2 Å². The van der Waals surface area contributed by atoms with Crippen molar-refractivity contribution < 1.29 is 9.53 Å². The summed E-state index contributed by atoms with van der Waals surface area (Å²) in [5.41, 5.74) is 0.876. The molecule has 20 heavy (non-hydrogen) atoms. The number of halogens is 1. The van der Waals surface area contributed by atoms with E-state index in [-0.39, 0.29) is 5.56 Å². The summed E-state index contributed by atoms with van der Waals surface area (Å²) in [6, 6.07) is 4.83. The van der Waals surface area contributed by atoms with Gasteiger partial charge in [0, 0.05) is 17.1 Å². The Morgan fingerprint density at radius 2 is 2.40 bits per heavy atom. The maximum Gasteiger partial charge on any atom is 0.337 e. The normalized spacial score (nSPS) is 17.2. The van der Waals surface area contributed by atoms with E-state index in [1.54, 1.807) is 34.5 Å². The molecule has 0 radical (unpaired) electrons. The minimum atomic E-state index is -0.430. The van der Waals surface area contributed by atoms with Crippen LogP contribution in [-0.2, 0) is 11.3 Å². The molecule has 2 heterocycles. The number of carbonyl (C=O) groups is 1. The predicted octanol–water partition coefficient (Wildman–Crippen LogP) is 2.05. The van der Waals surface area contributed by atoms with Crippen LogP contribution in [0.25, 0.3) is 10.9 Å². The number of hydrogen-bond acceptors (Lipinski definition) is 5. The highest BCUT2D eigenvalue weighted by atomic mass is 79.9. The Labute approximate surface area is 127 Å². The van der Waals surface area contributed by atoms with Crippen molar-refractivity contribution >= 4 is 44.6 Å². The number of nitrogens with zero attached hydrogens (tertiary/aromatic N) is 2. The first-order chi connectivity index (χ1) is 9.63. The van der Waals surface area contributed by atoms with Gasteiger partial charge in [-0.2, -0.15) is 0 Å². The first-order valence-electron chi connectivity index (χ1n) is 5.99. The summed E-state index contributed by atoms with van der Waals surface area (Å²) >= 11 is 5.00. The molecule has 0 aliphatic carbocycles. The monoisotopic (exact) mass is 354 g/mol. The molecule has 0 bridgehead atoms. The molecule has 1 aromatic heterocycles. The van der Waals surface area contributed by atoms with E-state index in [1.807, 2.05) is 0 Å². The van der Waals surface area contributed by atoms with Gasteiger partial charge in [0.2, 0.25) is 0 Å². The molecule has 2 aromatic rings. The van der Waals surface area contributed by atoms with E-state index in [4.69, 9.17) is 0 Å². The fourth-order valence-corrected chi connectivity index (χ4v) is 3.79. The number of aromatic nitrogens is 2. The summed E-state index contributed by atoms with van der Waals surface area (Å²) in [7, 11) is 1.33. The van der Waals surface area contributed by atoms with Gasteiger partial charge < -0.3 is 4.74 Å². The number of ether oxygens (including phenoxy) is 1. The second-order valence-electron chi connectivity index (χ2n) is 4.43. The maximum atomic E-state index is 12.4. The molecule has 7 heteroatoms. The number of alkyl halides is 1. The van der Waals surface area contributed by atoms with E-state index in [2.05, 4.69) is 25.7 Å². The topological polar surface area (TPSA) is 61.2 Å². The number of thioether (sulfide) groups is 1. The number of rotatable bonds is 2. The standard InChI is InChI=1S/C13H11BrN2O3S/c1-19-12(18)7-2-3-9-10(4-7)15-13-16(11(9)17)6-8(5-14)20-13/h2-4,8H,5-6H2,1H3/t8-/m0/s1. The van der Waals surface area contributed by atoms with Gasteiger partial charge in [-0.1, -0.05) is 27.7 Å². The molecule has 0 spiro atoms. The van der Waals surface area contributed by atoms with Crippen LogP contribution in [-0.4, -0.2) is 33.2 Å². The molecule has 5 nitrogen and oxygen atoms in total. The van der Waals surface area contributed by atoms with Crippen LogP contribution in [0.5, 0.6) is 0 Å². The molecule has 0 fully saturated rings. The summed E-state index contributed by atoms with van der Waals surface area (Å²) in [6.07, 6.45) is 0. The molecule has 1 aromatic carbocycles. The Hall–Kier alpha value is -1.34. The highest BCUT2D eigenvalue weighted by Gasteiger charge is 2.25. The Morgan fingerprint density at radius 3 is 3.10 bits per heavy atom. The summed E-state index contributed by atoms with van der Waals surface area (Å²) in [5, 5.41) is 2.35. The van der Waals surface area contributed by atoms with E-state index in [1.165, 1.54) is 7.11 Å². The highest BCUT2D eigenvalue weighted by Crippen LogP contribution is 2.31. The zero-order valence-electron chi connectivity index (χ0n) is 10.6. The van der Waals surface area contributed by atoms with Gasteiger partial charge in [0.05, 0.1) is 23.6 Å². The van der Waals surface area contributed by atoms with Crippen molar-refractivity contribution in [3.05, 3.63) is 34.1 Å². The minimum Gasteiger partial charge on any atom is -0.465 e. The van der Waals surface area contributed by atoms with E-state index >= 15 is 0 Å². The van der Waals surface area contributed by atoms with Crippen LogP contribution >= 0.6 is 27.7 Å². The third kappa shape index (κ3) is 2.14. The maximum absolute atomic E-state index is 12.4. The first-order valence-corrected chi connectivity index (χ1v) is 7.99. The lowest BCUT2D eigenvalue weighted by Crippen LogP contribution is -2.22. The minimum absolute atomic E-state index is 0.0580. The van der Waals surface area contributed by atoms with Gasteiger partial charge in [0.15, 0.2) is 5.16 Å². The summed E-state index contributed by atoms with van der Waals surface area (Å²) in [6.45, 7) is 0.659. The van der Waals surface area contributed by atoms with Crippen molar-refractivity contribution in [3.8, 4) is 0 Å². The summed E-state index contributed by atoms with van der Waals surface area (Å²) < 4.78 is 6.37. The molecule has 0 N–H and O–H groups in total. The third-order valence-corrected chi connectivity index (χ3v) is 5.55. The molecule has 0 saturated carbocycles. The number of hydrogen-bond donors (Lipinski definition) is 0. The molecule has 0 amide bonds. The SMILES string of the molecule is COC(=O)c1ccc2c(=O)n3c(nc2c1)S[C@@H](CBr)C3. The van der Waals surface area contributed by atoms with Crippen molar-refractivity contribution in [2.45, 2.75) is 17.0 Å². The van der Waals surface area contributed by atoms with E-state index in [9.17, 15) is 9.59 Å². The Morgan fingerprint density at radius 1 is 1.60 bits per heavy atom. The average Bonchev–Trinajstić information content (AvgIpc) is 2.89. The molecular weight excluding hydrogens is 344 g/mol. The molecule has 1 aliphatic rings. The lowest BCUT2D eigenvalue weighted by Gasteiger charge is -2.05. The smallest absolute Gasteiger partial charge is 0.337 e. The largest absolute Gasteiger partial charge is 0.465 e. The number of methoxy groups -OCH3 is 1. The molecule has 104 valence electrons. The Kier molecular flexibility index (Phi) is 3.55. The molecule has 3 rings (SSSR count). The zero-order chi connectivity index (χ0) is 14.3. The molecular formula is C13H11BrN2O3S. The van der Waals surface area contributed by atoms with Gasteiger partial charge in [0.1, 0.15) is 0 Å². The molecule has 1 aliphatic heterocycles. The number of benzene rings is 1. The lowest BCUT2D eigenvalue weighted by molar-refractivity contribution is 0.0601. The van der Waals surface area contributed by atoms with Crippen LogP contribution in [0.3, 0.4) is 0 Å².